The van der Waals surface area contributed by atoms with Crippen LogP contribution in [-0.4, -0.2) is 4.57 Å². The van der Waals surface area contributed by atoms with E-state index in [2.05, 4.69) is 255 Å². The summed E-state index contributed by atoms with van der Waals surface area (Å²) in [4.78, 5) is 0. The van der Waals surface area contributed by atoms with E-state index in [-0.39, 0.29) is 5.41 Å². The van der Waals surface area contributed by atoms with Gasteiger partial charge in [-0.3, -0.25) is 0 Å². The zero-order chi connectivity index (χ0) is 45.1. The molecule has 0 unspecified atom stereocenters. The van der Waals surface area contributed by atoms with Crippen LogP contribution in [0.25, 0.3) is 126 Å². The Morgan fingerprint density at radius 1 is 0.265 bits per heavy atom. The Hall–Kier alpha value is -8.52. The molecule has 0 radical (unpaired) electrons. The third-order valence-electron chi connectivity index (χ3n) is 15.2. The molecule has 1 aromatic heterocycles. The maximum Gasteiger partial charge on any atom is 0.0541 e. The van der Waals surface area contributed by atoms with Crippen molar-refractivity contribution in [2.24, 2.45) is 0 Å². The van der Waals surface area contributed by atoms with Gasteiger partial charge in [-0.1, -0.05) is 196 Å². The summed E-state index contributed by atoms with van der Waals surface area (Å²) in [5, 5.41) is 12.7. The maximum atomic E-state index is 2.51. The van der Waals surface area contributed by atoms with Crippen molar-refractivity contribution in [2.75, 3.05) is 0 Å². The van der Waals surface area contributed by atoms with Crippen molar-refractivity contribution < 1.29 is 0 Å². The van der Waals surface area contributed by atoms with Crippen molar-refractivity contribution in [3.63, 3.8) is 0 Å². The molecule has 14 rings (SSSR count). The molecule has 0 fully saturated rings. The minimum Gasteiger partial charge on any atom is -0.309 e. The first-order chi connectivity index (χ1) is 33.5. The quantitative estimate of drug-likeness (QED) is 0.152. The monoisotopic (exact) mass is 863 g/mol. The van der Waals surface area contributed by atoms with Crippen LogP contribution in [0.15, 0.2) is 237 Å². The van der Waals surface area contributed by atoms with Gasteiger partial charge in [0.05, 0.1) is 11.0 Å². The molecule has 1 heterocycles. The van der Waals surface area contributed by atoms with Crippen LogP contribution in [0.3, 0.4) is 0 Å². The largest absolute Gasteiger partial charge is 0.309 e. The number of fused-ring (bicyclic) bond motifs is 12. The molecule has 1 nitrogen and oxygen atoms in total. The van der Waals surface area contributed by atoms with E-state index in [1.54, 1.807) is 0 Å². The van der Waals surface area contributed by atoms with E-state index in [9.17, 15) is 0 Å². The van der Waals surface area contributed by atoms with Gasteiger partial charge in [-0.25, -0.2) is 0 Å². The molecule has 318 valence electrons. The predicted octanol–water partition coefficient (Wildman–Crippen LogP) is 18.4. The van der Waals surface area contributed by atoms with Gasteiger partial charge in [0.1, 0.15) is 0 Å². The summed E-state index contributed by atoms with van der Waals surface area (Å²) >= 11 is 0. The molecule has 68 heavy (non-hydrogen) atoms. The van der Waals surface area contributed by atoms with E-state index in [0.717, 1.165) is 0 Å². The predicted molar refractivity (Wildman–Crippen MR) is 290 cm³/mol. The second-order valence-corrected chi connectivity index (χ2v) is 19.2. The second kappa shape index (κ2) is 14.7. The molecule has 0 N–H and O–H groups in total. The van der Waals surface area contributed by atoms with Gasteiger partial charge in [-0.15, -0.1) is 0 Å². The van der Waals surface area contributed by atoms with Crippen LogP contribution in [0.5, 0.6) is 0 Å². The first-order valence-electron chi connectivity index (χ1n) is 23.8. The lowest BCUT2D eigenvalue weighted by Gasteiger charge is -2.23. The van der Waals surface area contributed by atoms with Gasteiger partial charge in [-0.2, -0.15) is 0 Å². The van der Waals surface area contributed by atoms with E-state index in [0.29, 0.717) is 0 Å². The number of rotatable bonds is 5. The third-order valence-corrected chi connectivity index (χ3v) is 15.2. The highest BCUT2D eigenvalue weighted by Crippen LogP contribution is 2.51. The Kier molecular flexibility index (Phi) is 8.40. The summed E-state index contributed by atoms with van der Waals surface area (Å²) < 4.78 is 2.51. The van der Waals surface area contributed by atoms with Gasteiger partial charge >= 0.3 is 0 Å². The molecule has 13 aromatic rings. The van der Waals surface area contributed by atoms with Gasteiger partial charge in [0, 0.05) is 21.9 Å². The smallest absolute Gasteiger partial charge is 0.0541 e. The fourth-order valence-electron chi connectivity index (χ4n) is 11.8. The van der Waals surface area contributed by atoms with Gasteiger partial charge < -0.3 is 4.57 Å². The van der Waals surface area contributed by atoms with Gasteiger partial charge in [-0.05, 0) is 164 Å². The fourth-order valence-corrected chi connectivity index (χ4v) is 11.8. The zero-order valence-corrected chi connectivity index (χ0v) is 38.0. The van der Waals surface area contributed by atoms with E-state index in [1.165, 1.54) is 137 Å². The van der Waals surface area contributed by atoms with Crippen molar-refractivity contribution in [1.29, 1.82) is 0 Å². The molecule has 0 saturated carbocycles. The molecule has 0 aliphatic heterocycles. The molecule has 0 atom stereocenters. The lowest BCUT2D eigenvalue weighted by atomic mass is 9.81. The molecular formula is C67H45N. The average Bonchev–Trinajstić information content (AvgIpc) is 3.84. The van der Waals surface area contributed by atoms with E-state index in [4.69, 9.17) is 0 Å². The fraction of sp³-hybridized carbons (Fsp3) is 0.0448. The first-order valence-corrected chi connectivity index (χ1v) is 23.8. The van der Waals surface area contributed by atoms with Crippen LogP contribution >= 0.6 is 0 Å². The van der Waals surface area contributed by atoms with Crippen molar-refractivity contribution in [1.82, 2.24) is 4.57 Å². The highest BCUT2D eigenvalue weighted by atomic mass is 15.0. The molecule has 0 saturated heterocycles. The van der Waals surface area contributed by atoms with Crippen LogP contribution in [0, 0.1) is 0 Å². The number of aromatic nitrogens is 1. The van der Waals surface area contributed by atoms with Crippen molar-refractivity contribution >= 4 is 64.9 Å². The minimum absolute atomic E-state index is 0.200. The van der Waals surface area contributed by atoms with E-state index < -0.39 is 0 Å². The molecule has 12 aromatic carbocycles. The highest BCUT2D eigenvalue weighted by Gasteiger charge is 2.36. The summed E-state index contributed by atoms with van der Waals surface area (Å²) in [7, 11) is 0. The van der Waals surface area contributed by atoms with Gasteiger partial charge in [0.2, 0.25) is 0 Å². The Morgan fingerprint density at radius 3 is 1.24 bits per heavy atom. The Labute approximate surface area is 395 Å². The maximum absolute atomic E-state index is 2.51. The van der Waals surface area contributed by atoms with E-state index in [1.807, 2.05) is 0 Å². The van der Waals surface area contributed by atoms with Gasteiger partial charge in [0.25, 0.3) is 0 Å². The molecule has 0 spiro atoms. The average molecular weight is 864 g/mol. The van der Waals surface area contributed by atoms with Crippen molar-refractivity contribution in [2.45, 2.75) is 19.3 Å². The SMILES string of the molecule is CC1(C)c2cc(-c3ccc(-c4ccccc4)cc3)ccc2-c2ccc(-n3c4ccc(-c5cc6ccccc6c6ccccc56)cc4c4cc(-c5cc6ccccc6c6ccccc56)ccc43)cc21. The summed E-state index contributed by atoms with van der Waals surface area (Å²) in [5.74, 6) is 0. The second-order valence-electron chi connectivity index (χ2n) is 19.2. The molecule has 1 aliphatic carbocycles. The highest BCUT2D eigenvalue weighted by molar-refractivity contribution is 6.18. The number of hydrogen-bond acceptors (Lipinski definition) is 0. The molecule has 0 bridgehead atoms. The van der Waals surface area contributed by atoms with Crippen molar-refractivity contribution in [3.8, 4) is 61.3 Å². The Morgan fingerprint density at radius 2 is 0.676 bits per heavy atom. The Bertz CT molecular complexity index is 4030. The molecule has 0 amide bonds. The van der Waals surface area contributed by atoms with Crippen LogP contribution in [0.1, 0.15) is 25.0 Å². The molecule has 1 heteroatoms. The number of benzene rings is 12. The van der Waals surface area contributed by atoms with Gasteiger partial charge in [0.15, 0.2) is 0 Å². The van der Waals surface area contributed by atoms with E-state index >= 15 is 0 Å². The summed E-state index contributed by atoms with van der Waals surface area (Å²) in [6.45, 7) is 4.80. The Balaban J connectivity index is 0.946. The van der Waals surface area contributed by atoms with Crippen LogP contribution in [0.2, 0.25) is 0 Å². The van der Waals surface area contributed by atoms with Crippen LogP contribution in [-0.2, 0) is 5.41 Å². The standard InChI is InChI=1S/C67H45N/c1-67(2)63-40-45(44-26-24-43(25-27-44)42-14-4-3-5-15-42)28-32-57(63)58-33-31-50(41-64(58)67)68-65-34-29-48(59-36-46-16-6-8-18-51(46)53-20-10-12-22-55(53)59)38-61(65)62-39-49(30-35-66(62)68)60-37-47-17-7-9-19-52(47)54-21-11-13-23-56(54)60/h3-41H,1-2H3. The topological polar surface area (TPSA) is 4.93 Å². The van der Waals surface area contributed by atoms with Crippen LogP contribution < -0.4 is 0 Å². The number of nitrogens with zero attached hydrogens (tertiary/aromatic N) is 1. The lowest BCUT2D eigenvalue weighted by Crippen LogP contribution is -2.15. The number of hydrogen-bond donors (Lipinski definition) is 0. The third kappa shape index (κ3) is 5.82. The molecular weight excluding hydrogens is 819 g/mol. The normalized spacial score (nSPS) is 13.0. The summed E-state index contributed by atoms with van der Waals surface area (Å²) in [6.07, 6.45) is 0. The minimum atomic E-state index is -0.200. The first kappa shape index (κ1) is 38.7. The summed E-state index contributed by atoms with van der Waals surface area (Å²) in [5.41, 5.74) is 18.6. The summed E-state index contributed by atoms with van der Waals surface area (Å²) in [6, 6.07) is 88.3. The zero-order valence-electron chi connectivity index (χ0n) is 38.0. The van der Waals surface area contributed by atoms with Crippen LogP contribution in [0.4, 0.5) is 0 Å². The lowest BCUT2D eigenvalue weighted by molar-refractivity contribution is 0.660. The molecule has 1 aliphatic rings. The van der Waals surface area contributed by atoms with Crippen molar-refractivity contribution in [3.05, 3.63) is 248 Å².